The minimum absolute atomic E-state index is 0.0908. The van der Waals surface area contributed by atoms with E-state index in [1.807, 2.05) is 0 Å². The van der Waals surface area contributed by atoms with E-state index in [0.29, 0.717) is 10.5 Å². The summed E-state index contributed by atoms with van der Waals surface area (Å²) in [5.74, 6) is 0. The highest BCUT2D eigenvalue weighted by molar-refractivity contribution is 7.91. The van der Waals surface area contributed by atoms with Gasteiger partial charge in [-0.2, -0.15) is 0 Å². The van der Waals surface area contributed by atoms with E-state index >= 15 is 0 Å². The van der Waals surface area contributed by atoms with Crippen molar-refractivity contribution in [3.8, 4) is 0 Å². The van der Waals surface area contributed by atoms with Crippen molar-refractivity contribution in [2.75, 3.05) is 5.32 Å². The summed E-state index contributed by atoms with van der Waals surface area (Å²) in [5, 5.41) is 8.82. The first kappa shape index (κ1) is 15.4. The molecule has 1 heterocycles. The summed E-state index contributed by atoms with van der Waals surface area (Å²) in [6.07, 6.45) is 3.39. The van der Waals surface area contributed by atoms with E-state index < -0.39 is 10.0 Å². The molecule has 0 fully saturated rings. The average Bonchev–Trinajstić information content (AvgIpc) is 2.61. The Bertz CT molecular complexity index is 489. The van der Waals surface area contributed by atoms with E-state index in [4.69, 9.17) is 5.14 Å². The third-order valence-electron chi connectivity index (χ3n) is 2.46. The van der Waals surface area contributed by atoms with Gasteiger partial charge in [-0.15, -0.1) is 0 Å². The van der Waals surface area contributed by atoms with Crippen molar-refractivity contribution in [3.63, 3.8) is 0 Å². The molecule has 0 saturated carbocycles. The third kappa shape index (κ3) is 5.32. The van der Waals surface area contributed by atoms with Crippen LogP contribution in [0.4, 0.5) is 5.13 Å². The van der Waals surface area contributed by atoms with Crippen LogP contribution in [-0.2, 0) is 10.0 Å². The largest absolute Gasteiger partial charge is 0.359 e. The Morgan fingerprint density at radius 3 is 2.56 bits per heavy atom. The number of thiazole rings is 1. The number of hydrogen-bond acceptors (Lipinski definition) is 5. The number of hydrogen-bond donors (Lipinski definition) is 2. The number of primary sulfonamides is 1. The first-order chi connectivity index (χ1) is 8.08. The third-order valence-corrected chi connectivity index (χ3v) is 4.80. The summed E-state index contributed by atoms with van der Waals surface area (Å²) < 4.78 is 22.3. The Labute approximate surface area is 113 Å². The van der Waals surface area contributed by atoms with Crippen molar-refractivity contribution < 1.29 is 8.42 Å². The molecule has 0 radical (unpaired) electrons. The van der Waals surface area contributed by atoms with Gasteiger partial charge in [0.15, 0.2) is 9.34 Å². The highest BCUT2D eigenvalue weighted by Gasteiger charge is 2.15. The lowest BCUT2D eigenvalue weighted by atomic mass is 9.89. The SMILES string of the molecule is CC(CCC(C)(C)C)Nc1ncc(S(N)(=O)=O)s1. The molecule has 18 heavy (non-hydrogen) atoms. The zero-order valence-corrected chi connectivity index (χ0v) is 12.9. The number of sulfonamides is 1. The number of aromatic nitrogens is 1. The summed E-state index contributed by atoms with van der Waals surface area (Å²) in [6.45, 7) is 8.65. The van der Waals surface area contributed by atoms with Gasteiger partial charge in [0.05, 0.1) is 6.20 Å². The van der Waals surface area contributed by atoms with Gasteiger partial charge in [-0.1, -0.05) is 32.1 Å². The summed E-state index contributed by atoms with van der Waals surface area (Å²) in [5.41, 5.74) is 0.296. The molecular formula is C11H21N3O2S2. The zero-order valence-electron chi connectivity index (χ0n) is 11.2. The van der Waals surface area contributed by atoms with Crippen molar-refractivity contribution in [3.05, 3.63) is 6.20 Å². The molecule has 1 rings (SSSR count). The summed E-state index contributed by atoms with van der Waals surface area (Å²) in [6, 6.07) is 0.253. The fourth-order valence-electron chi connectivity index (χ4n) is 1.39. The van der Waals surface area contributed by atoms with Gasteiger partial charge in [-0.25, -0.2) is 18.5 Å². The molecule has 104 valence electrons. The second-order valence-corrected chi connectivity index (χ2v) is 8.49. The van der Waals surface area contributed by atoms with Gasteiger partial charge < -0.3 is 5.32 Å². The molecule has 1 aromatic rings. The van der Waals surface area contributed by atoms with Crippen LogP contribution in [0.1, 0.15) is 40.5 Å². The van der Waals surface area contributed by atoms with Crippen LogP contribution in [0.3, 0.4) is 0 Å². The molecule has 5 nitrogen and oxygen atoms in total. The van der Waals surface area contributed by atoms with E-state index in [0.717, 1.165) is 24.2 Å². The second kappa shape index (κ2) is 5.54. The van der Waals surface area contributed by atoms with E-state index in [1.54, 1.807) is 0 Å². The Morgan fingerprint density at radius 2 is 2.11 bits per heavy atom. The standard InChI is InChI=1S/C11H21N3O2S2/c1-8(5-6-11(2,3)4)14-10-13-7-9(17-10)18(12,15)16/h7-8H,5-6H2,1-4H3,(H,13,14)(H2,12,15,16). The Kier molecular flexibility index (Phi) is 4.74. The van der Waals surface area contributed by atoms with Crippen LogP contribution in [0.25, 0.3) is 0 Å². The molecule has 0 amide bonds. The predicted octanol–water partition coefficient (Wildman–Crippen LogP) is 2.42. The molecule has 0 saturated heterocycles. The molecule has 3 N–H and O–H groups in total. The van der Waals surface area contributed by atoms with Gasteiger partial charge in [0.1, 0.15) is 0 Å². The topological polar surface area (TPSA) is 85.1 Å². The summed E-state index contributed by atoms with van der Waals surface area (Å²) in [4.78, 5) is 4.02. The molecule has 0 spiro atoms. The van der Waals surface area contributed by atoms with Gasteiger partial charge in [0, 0.05) is 6.04 Å². The number of nitrogens with two attached hydrogens (primary N) is 1. The first-order valence-electron chi connectivity index (χ1n) is 5.83. The number of anilines is 1. The van der Waals surface area contributed by atoms with Crippen LogP contribution in [0.5, 0.6) is 0 Å². The quantitative estimate of drug-likeness (QED) is 0.872. The monoisotopic (exact) mass is 291 g/mol. The van der Waals surface area contributed by atoms with Gasteiger partial charge in [-0.3, -0.25) is 0 Å². The Hall–Kier alpha value is -0.660. The normalized spacial score (nSPS) is 14.5. The number of nitrogens with zero attached hydrogens (tertiary/aromatic N) is 1. The maximum atomic E-state index is 11.1. The van der Waals surface area contributed by atoms with Crippen molar-refractivity contribution in [2.45, 2.75) is 50.8 Å². The predicted molar refractivity (Wildman–Crippen MR) is 75.3 cm³/mol. The van der Waals surface area contributed by atoms with Crippen molar-refractivity contribution in [1.29, 1.82) is 0 Å². The highest BCUT2D eigenvalue weighted by Crippen LogP contribution is 2.25. The molecule has 7 heteroatoms. The minimum atomic E-state index is -3.64. The van der Waals surface area contributed by atoms with Gasteiger partial charge >= 0.3 is 0 Å². The summed E-state index contributed by atoms with van der Waals surface area (Å²) in [7, 11) is -3.64. The van der Waals surface area contributed by atoms with Crippen LogP contribution < -0.4 is 10.5 Å². The molecule has 0 aliphatic rings. The molecular weight excluding hydrogens is 270 g/mol. The van der Waals surface area contributed by atoms with Crippen molar-refractivity contribution in [2.24, 2.45) is 10.6 Å². The molecule has 0 aromatic carbocycles. The number of nitrogens with one attached hydrogen (secondary N) is 1. The van der Waals surface area contributed by atoms with Crippen LogP contribution in [0.2, 0.25) is 0 Å². The molecule has 1 unspecified atom stereocenters. The van der Waals surface area contributed by atoms with E-state index in [9.17, 15) is 8.42 Å². The summed E-state index contributed by atoms with van der Waals surface area (Å²) >= 11 is 1.07. The lowest BCUT2D eigenvalue weighted by molar-refractivity contribution is 0.357. The molecule has 1 aromatic heterocycles. The maximum Gasteiger partial charge on any atom is 0.249 e. The zero-order chi connectivity index (χ0) is 14.0. The van der Waals surface area contributed by atoms with Crippen LogP contribution in [-0.4, -0.2) is 19.4 Å². The second-order valence-electron chi connectivity index (χ2n) is 5.67. The van der Waals surface area contributed by atoms with Crippen LogP contribution >= 0.6 is 11.3 Å². The molecule has 1 atom stereocenters. The van der Waals surface area contributed by atoms with Crippen LogP contribution in [0.15, 0.2) is 10.4 Å². The van der Waals surface area contributed by atoms with Gasteiger partial charge in [-0.05, 0) is 25.2 Å². The Balaban J connectivity index is 2.55. The maximum absolute atomic E-state index is 11.1. The lowest BCUT2D eigenvalue weighted by Gasteiger charge is -2.21. The van der Waals surface area contributed by atoms with Gasteiger partial charge in [0.25, 0.3) is 0 Å². The molecule has 0 aliphatic carbocycles. The van der Waals surface area contributed by atoms with E-state index in [-0.39, 0.29) is 10.3 Å². The minimum Gasteiger partial charge on any atom is -0.359 e. The van der Waals surface area contributed by atoms with E-state index in [2.05, 4.69) is 38.0 Å². The van der Waals surface area contributed by atoms with Crippen molar-refractivity contribution in [1.82, 2.24) is 4.98 Å². The smallest absolute Gasteiger partial charge is 0.249 e. The lowest BCUT2D eigenvalue weighted by Crippen LogP contribution is -2.18. The average molecular weight is 291 g/mol. The van der Waals surface area contributed by atoms with Crippen molar-refractivity contribution >= 4 is 26.5 Å². The fourth-order valence-corrected chi connectivity index (χ4v) is 2.95. The van der Waals surface area contributed by atoms with Crippen LogP contribution in [0, 0.1) is 5.41 Å². The first-order valence-corrected chi connectivity index (χ1v) is 8.19. The van der Waals surface area contributed by atoms with Gasteiger partial charge in [0.2, 0.25) is 10.0 Å². The highest BCUT2D eigenvalue weighted by atomic mass is 32.2. The number of rotatable bonds is 5. The fraction of sp³-hybridized carbons (Fsp3) is 0.727. The molecule has 0 aliphatic heterocycles. The Morgan fingerprint density at radius 1 is 1.50 bits per heavy atom. The molecule has 0 bridgehead atoms. The van der Waals surface area contributed by atoms with E-state index in [1.165, 1.54) is 6.20 Å².